The Morgan fingerprint density at radius 3 is 3.08 bits per heavy atom. The number of nitrogens with zero attached hydrogens (tertiary/aromatic N) is 4. The van der Waals surface area contributed by atoms with Gasteiger partial charge in [-0.1, -0.05) is 37.0 Å². The average Bonchev–Trinajstić information content (AvgIpc) is 2.80. The van der Waals surface area contributed by atoms with E-state index in [4.69, 9.17) is 0 Å². The van der Waals surface area contributed by atoms with Gasteiger partial charge in [0.2, 0.25) is 0 Å². The van der Waals surface area contributed by atoms with Crippen LogP contribution in [0.1, 0.15) is 18.9 Å². The maximum atomic E-state index is 4.62. The molecule has 0 unspecified atom stereocenters. The van der Waals surface area contributed by atoms with Crippen LogP contribution >= 0.6 is 0 Å². The van der Waals surface area contributed by atoms with Crippen molar-refractivity contribution >= 4 is 30.0 Å². The molecule has 3 rings (SSSR count). The minimum absolute atomic E-state index is 0.717. The van der Waals surface area contributed by atoms with E-state index in [1.54, 1.807) is 29.5 Å². The first-order chi connectivity index (χ1) is 11.8. The van der Waals surface area contributed by atoms with Crippen LogP contribution in [-0.4, -0.2) is 22.2 Å². The third-order valence-electron chi connectivity index (χ3n) is 3.57. The molecule has 4 nitrogen and oxygen atoms in total. The highest BCUT2D eigenvalue weighted by atomic mass is 15.3. The predicted octanol–water partition coefficient (Wildman–Crippen LogP) is 4.66. The number of aliphatic imine (C=N–C) groups is 2. The third kappa shape index (κ3) is 3.24. The molecule has 0 aromatic carbocycles. The van der Waals surface area contributed by atoms with Crippen LogP contribution in [0.25, 0.3) is 11.8 Å². The van der Waals surface area contributed by atoms with Gasteiger partial charge >= 0.3 is 0 Å². The lowest BCUT2D eigenvalue weighted by Gasteiger charge is -2.01. The molecule has 0 saturated carbocycles. The monoisotopic (exact) mass is 314 g/mol. The minimum atomic E-state index is 0.717. The standard InChI is InChI=1S/C20H18N4/c1-3-21-20-18(15-23-24(20)4-2)17-12-9-13-19(22-14-17)16-10-7-5-6-8-11-16/h3-5,7-11,13-15H,2,6H2,1H3/b21-3-. The molecule has 118 valence electrons. The zero-order chi connectivity index (χ0) is 16.8. The van der Waals surface area contributed by atoms with Crippen molar-refractivity contribution in [1.29, 1.82) is 0 Å². The summed E-state index contributed by atoms with van der Waals surface area (Å²) in [6.07, 6.45) is 22.1. The molecule has 0 atom stereocenters. The Balaban J connectivity index is 1.95. The van der Waals surface area contributed by atoms with Gasteiger partial charge in [-0.25, -0.2) is 9.67 Å². The molecule has 4 heteroatoms. The number of hydrogen-bond acceptors (Lipinski definition) is 3. The van der Waals surface area contributed by atoms with E-state index in [1.165, 1.54) is 0 Å². The van der Waals surface area contributed by atoms with Gasteiger partial charge < -0.3 is 0 Å². The van der Waals surface area contributed by atoms with Gasteiger partial charge in [-0.15, -0.1) is 5.73 Å². The largest absolute Gasteiger partial charge is 0.255 e. The first kappa shape index (κ1) is 15.7. The van der Waals surface area contributed by atoms with Crippen molar-refractivity contribution < 1.29 is 0 Å². The fraction of sp³-hybridized carbons (Fsp3) is 0.100. The van der Waals surface area contributed by atoms with E-state index in [0.29, 0.717) is 0 Å². The maximum absolute atomic E-state index is 4.62. The van der Waals surface area contributed by atoms with Crippen molar-refractivity contribution in [2.45, 2.75) is 13.3 Å². The molecule has 2 aliphatic rings. The molecular weight excluding hydrogens is 296 g/mol. The highest BCUT2D eigenvalue weighted by Crippen LogP contribution is 2.27. The fourth-order valence-electron chi connectivity index (χ4n) is 2.42. The molecule has 2 heterocycles. The molecule has 1 aromatic rings. The normalized spacial score (nSPS) is 16.6. The second kappa shape index (κ2) is 7.36. The van der Waals surface area contributed by atoms with Crippen molar-refractivity contribution in [3.05, 3.63) is 77.9 Å². The van der Waals surface area contributed by atoms with E-state index < -0.39 is 0 Å². The zero-order valence-electron chi connectivity index (χ0n) is 13.6. The summed E-state index contributed by atoms with van der Waals surface area (Å²) in [5.41, 5.74) is 6.94. The van der Waals surface area contributed by atoms with E-state index in [1.807, 2.05) is 19.1 Å². The predicted molar refractivity (Wildman–Crippen MR) is 101 cm³/mol. The SMILES string of the molecule is C=Cn1ncc(C2=C=CC=C(C3=CC=CCC=C3)N=C2)c1/N=C\C. The number of rotatable bonds is 4. The molecule has 0 N–H and O–H groups in total. The van der Waals surface area contributed by atoms with Crippen LogP contribution in [0.2, 0.25) is 0 Å². The lowest BCUT2D eigenvalue weighted by molar-refractivity contribution is 0.935. The van der Waals surface area contributed by atoms with Crippen LogP contribution in [0.4, 0.5) is 5.82 Å². The maximum Gasteiger partial charge on any atom is 0.163 e. The lowest BCUT2D eigenvalue weighted by atomic mass is 10.1. The van der Waals surface area contributed by atoms with E-state index in [-0.39, 0.29) is 0 Å². The zero-order valence-corrected chi connectivity index (χ0v) is 13.6. The summed E-state index contributed by atoms with van der Waals surface area (Å²) in [7, 11) is 0. The van der Waals surface area contributed by atoms with Gasteiger partial charge in [0, 0.05) is 24.2 Å². The minimum Gasteiger partial charge on any atom is -0.255 e. The number of allylic oxidation sites excluding steroid dienone is 7. The van der Waals surface area contributed by atoms with Crippen molar-refractivity contribution in [1.82, 2.24) is 9.78 Å². The van der Waals surface area contributed by atoms with Crippen LogP contribution in [0, 0.1) is 0 Å². The Labute approximate surface area is 141 Å². The van der Waals surface area contributed by atoms with E-state index in [2.05, 4.69) is 57.8 Å². The lowest BCUT2D eigenvalue weighted by Crippen LogP contribution is -1.89. The van der Waals surface area contributed by atoms with Gasteiger partial charge in [-0.05, 0) is 31.1 Å². The second-order valence-electron chi connectivity index (χ2n) is 5.12. The van der Waals surface area contributed by atoms with Crippen LogP contribution < -0.4 is 0 Å². The Kier molecular flexibility index (Phi) is 4.80. The number of hydrogen-bond donors (Lipinski definition) is 0. The van der Waals surface area contributed by atoms with Crippen LogP contribution in [-0.2, 0) is 0 Å². The second-order valence-corrected chi connectivity index (χ2v) is 5.12. The van der Waals surface area contributed by atoms with Crippen molar-refractivity contribution in [2.24, 2.45) is 9.98 Å². The Morgan fingerprint density at radius 1 is 1.33 bits per heavy atom. The first-order valence-electron chi connectivity index (χ1n) is 7.77. The average molecular weight is 314 g/mol. The van der Waals surface area contributed by atoms with Gasteiger partial charge in [0.15, 0.2) is 5.82 Å². The molecule has 0 amide bonds. The van der Waals surface area contributed by atoms with E-state index in [0.717, 1.165) is 34.6 Å². The number of aromatic nitrogens is 2. The van der Waals surface area contributed by atoms with Crippen molar-refractivity contribution in [3.63, 3.8) is 0 Å². The van der Waals surface area contributed by atoms with Crippen LogP contribution in [0.5, 0.6) is 0 Å². The van der Waals surface area contributed by atoms with Crippen LogP contribution in [0.3, 0.4) is 0 Å². The van der Waals surface area contributed by atoms with Gasteiger partial charge in [0.1, 0.15) is 0 Å². The molecule has 0 bridgehead atoms. The highest BCUT2D eigenvalue weighted by molar-refractivity contribution is 6.12. The highest BCUT2D eigenvalue weighted by Gasteiger charge is 2.12. The quantitative estimate of drug-likeness (QED) is 0.589. The Hall–Kier alpha value is -3.23. The smallest absolute Gasteiger partial charge is 0.163 e. The summed E-state index contributed by atoms with van der Waals surface area (Å²) in [5.74, 6) is 0.717. The van der Waals surface area contributed by atoms with Gasteiger partial charge in [0.25, 0.3) is 0 Å². The molecule has 1 aliphatic heterocycles. The van der Waals surface area contributed by atoms with E-state index in [9.17, 15) is 0 Å². The first-order valence-corrected chi connectivity index (χ1v) is 7.77. The van der Waals surface area contributed by atoms with Crippen molar-refractivity contribution in [2.75, 3.05) is 0 Å². The van der Waals surface area contributed by atoms with Crippen LogP contribution in [0.15, 0.2) is 82.3 Å². The topological polar surface area (TPSA) is 42.5 Å². The molecule has 0 radical (unpaired) electrons. The molecule has 0 saturated heterocycles. The molecular formula is C20H18N4. The summed E-state index contributed by atoms with van der Waals surface area (Å²) in [6, 6.07) is 0. The molecule has 0 fully saturated rings. The molecule has 0 spiro atoms. The van der Waals surface area contributed by atoms with Crippen molar-refractivity contribution in [3.8, 4) is 0 Å². The summed E-state index contributed by atoms with van der Waals surface area (Å²) < 4.78 is 1.64. The summed E-state index contributed by atoms with van der Waals surface area (Å²) in [4.78, 5) is 9.00. The summed E-state index contributed by atoms with van der Waals surface area (Å²) >= 11 is 0. The Bertz CT molecular complexity index is 892. The molecule has 24 heavy (non-hydrogen) atoms. The third-order valence-corrected chi connectivity index (χ3v) is 3.57. The molecule has 1 aliphatic carbocycles. The van der Waals surface area contributed by atoms with Gasteiger partial charge in [-0.3, -0.25) is 4.99 Å². The van der Waals surface area contributed by atoms with Gasteiger partial charge in [0.05, 0.1) is 17.5 Å². The van der Waals surface area contributed by atoms with Gasteiger partial charge in [-0.2, -0.15) is 5.10 Å². The summed E-state index contributed by atoms with van der Waals surface area (Å²) in [6.45, 7) is 5.63. The Morgan fingerprint density at radius 2 is 2.25 bits per heavy atom. The summed E-state index contributed by atoms with van der Waals surface area (Å²) in [5, 5.41) is 4.28. The molecule has 1 aromatic heterocycles. The van der Waals surface area contributed by atoms with E-state index >= 15 is 0 Å². The fourth-order valence-corrected chi connectivity index (χ4v) is 2.42.